The molecule has 0 radical (unpaired) electrons. The van der Waals surface area contributed by atoms with Crippen molar-refractivity contribution in [2.24, 2.45) is 0 Å². The number of sulfonamides is 1. The molecule has 1 fully saturated rings. The number of likely N-dealkylation sites (tertiary alicyclic amines) is 1. The maximum absolute atomic E-state index is 13.4. The first-order valence-electron chi connectivity index (χ1n) is 10.9. The normalized spacial score (nSPS) is 17.6. The van der Waals surface area contributed by atoms with Crippen molar-refractivity contribution in [3.8, 4) is 11.5 Å². The minimum atomic E-state index is -3.74. The van der Waals surface area contributed by atoms with Gasteiger partial charge in [0.15, 0.2) is 11.5 Å². The maximum atomic E-state index is 13.4. The standard InChI is InChI=1S/C25H24N2O5S/c28-25(19-6-4-7-20(16-19)26-33(29,30)21-8-2-1-3-9-21)27-13-5-10-22(27)18-11-12-23-24(17-18)32-15-14-31-23/h1-4,6-9,11-12,16-17,22,26H,5,10,13-15H2/t22-/m1/s1. The smallest absolute Gasteiger partial charge is 0.261 e. The molecule has 0 aliphatic carbocycles. The number of hydrogen-bond donors (Lipinski definition) is 1. The number of nitrogens with zero attached hydrogens (tertiary/aromatic N) is 1. The first-order chi connectivity index (χ1) is 16.0. The van der Waals surface area contributed by atoms with E-state index in [-0.39, 0.29) is 16.8 Å². The molecule has 33 heavy (non-hydrogen) atoms. The van der Waals surface area contributed by atoms with E-state index in [1.54, 1.807) is 42.5 Å². The third kappa shape index (κ3) is 4.39. The van der Waals surface area contributed by atoms with Gasteiger partial charge in [-0.1, -0.05) is 30.3 Å². The number of nitrogens with one attached hydrogen (secondary N) is 1. The van der Waals surface area contributed by atoms with E-state index in [0.717, 1.165) is 24.2 Å². The lowest BCUT2D eigenvalue weighted by atomic mass is 10.0. The van der Waals surface area contributed by atoms with Crippen LogP contribution in [0.2, 0.25) is 0 Å². The van der Waals surface area contributed by atoms with Crippen molar-refractivity contribution >= 4 is 21.6 Å². The Labute approximate surface area is 193 Å². The van der Waals surface area contributed by atoms with Crippen LogP contribution >= 0.6 is 0 Å². The highest BCUT2D eigenvalue weighted by molar-refractivity contribution is 7.92. The van der Waals surface area contributed by atoms with Crippen LogP contribution < -0.4 is 14.2 Å². The summed E-state index contributed by atoms with van der Waals surface area (Å²) in [5.74, 6) is 1.29. The number of carbonyl (C=O) groups excluding carboxylic acids is 1. The maximum Gasteiger partial charge on any atom is 0.261 e. The number of ether oxygens (including phenoxy) is 2. The van der Waals surface area contributed by atoms with Crippen LogP contribution in [-0.4, -0.2) is 39.0 Å². The molecule has 1 atom stereocenters. The van der Waals surface area contributed by atoms with Crippen LogP contribution in [0.4, 0.5) is 5.69 Å². The first kappa shape index (κ1) is 21.3. The number of hydrogen-bond acceptors (Lipinski definition) is 5. The van der Waals surface area contributed by atoms with Gasteiger partial charge in [-0.15, -0.1) is 0 Å². The minimum Gasteiger partial charge on any atom is -0.486 e. The van der Waals surface area contributed by atoms with E-state index < -0.39 is 10.0 Å². The van der Waals surface area contributed by atoms with E-state index in [9.17, 15) is 13.2 Å². The summed E-state index contributed by atoms with van der Waals surface area (Å²) in [5.41, 5.74) is 1.79. The SMILES string of the molecule is O=C(c1cccc(NS(=O)(=O)c2ccccc2)c1)N1CCC[C@@H]1c1ccc2c(c1)OCCO2. The van der Waals surface area contributed by atoms with Gasteiger partial charge in [0.2, 0.25) is 0 Å². The molecular formula is C25H24N2O5S. The van der Waals surface area contributed by atoms with E-state index in [2.05, 4.69) is 4.72 Å². The molecule has 1 N–H and O–H groups in total. The van der Waals surface area contributed by atoms with E-state index in [0.29, 0.717) is 36.8 Å². The van der Waals surface area contributed by atoms with Crippen molar-refractivity contribution in [3.63, 3.8) is 0 Å². The quantitative estimate of drug-likeness (QED) is 0.611. The molecule has 1 amide bonds. The Morgan fingerprint density at radius 2 is 1.70 bits per heavy atom. The van der Waals surface area contributed by atoms with Crippen LogP contribution in [0, 0.1) is 0 Å². The minimum absolute atomic E-state index is 0.0713. The number of amides is 1. The molecule has 8 heteroatoms. The van der Waals surface area contributed by atoms with Crippen molar-refractivity contribution in [3.05, 3.63) is 83.9 Å². The Bertz CT molecular complexity index is 1280. The Hall–Kier alpha value is -3.52. The topological polar surface area (TPSA) is 84.9 Å². The predicted molar refractivity (Wildman–Crippen MR) is 124 cm³/mol. The molecular weight excluding hydrogens is 440 g/mol. The monoisotopic (exact) mass is 464 g/mol. The summed E-state index contributed by atoms with van der Waals surface area (Å²) in [6.45, 7) is 1.68. The lowest BCUT2D eigenvalue weighted by Crippen LogP contribution is -2.30. The first-order valence-corrected chi connectivity index (χ1v) is 12.4. The van der Waals surface area contributed by atoms with Gasteiger partial charge in [0.25, 0.3) is 15.9 Å². The predicted octanol–water partition coefficient (Wildman–Crippen LogP) is 4.24. The summed E-state index contributed by atoms with van der Waals surface area (Å²) < 4.78 is 39.2. The van der Waals surface area contributed by atoms with E-state index in [4.69, 9.17) is 9.47 Å². The molecule has 2 aliphatic heterocycles. The number of fused-ring (bicyclic) bond motifs is 1. The number of anilines is 1. The van der Waals surface area contributed by atoms with Gasteiger partial charge >= 0.3 is 0 Å². The average molecular weight is 465 g/mol. The summed E-state index contributed by atoms with van der Waals surface area (Å²) >= 11 is 0. The largest absolute Gasteiger partial charge is 0.486 e. The molecule has 0 bridgehead atoms. The number of benzene rings is 3. The highest BCUT2D eigenvalue weighted by Crippen LogP contribution is 2.38. The van der Waals surface area contributed by atoms with Gasteiger partial charge in [-0.25, -0.2) is 8.42 Å². The Morgan fingerprint density at radius 1 is 0.909 bits per heavy atom. The molecule has 0 unspecified atom stereocenters. The molecule has 2 heterocycles. The van der Waals surface area contributed by atoms with E-state index in [1.807, 2.05) is 23.1 Å². The van der Waals surface area contributed by atoms with Crippen molar-refractivity contribution in [1.82, 2.24) is 4.90 Å². The average Bonchev–Trinajstić information content (AvgIpc) is 3.34. The van der Waals surface area contributed by atoms with Crippen LogP contribution in [0.5, 0.6) is 11.5 Å². The second-order valence-corrected chi connectivity index (χ2v) is 9.74. The van der Waals surface area contributed by atoms with Crippen LogP contribution in [0.15, 0.2) is 77.7 Å². The second-order valence-electron chi connectivity index (χ2n) is 8.06. The Kier molecular flexibility index (Phi) is 5.68. The molecule has 0 aromatic heterocycles. The molecule has 5 rings (SSSR count). The van der Waals surface area contributed by atoms with Gasteiger partial charge in [0.1, 0.15) is 13.2 Å². The van der Waals surface area contributed by atoms with Crippen molar-refractivity contribution in [2.45, 2.75) is 23.8 Å². The summed E-state index contributed by atoms with van der Waals surface area (Å²) in [6, 6.07) is 20.5. The number of carbonyl (C=O) groups is 1. The molecule has 3 aromatic rings. The zero-order valence-electron chi connectivity index (χ0n) is 17.9. The van der Waals surface area contributed by atoms with Crippen LogP contribution in [-0.2, 0) is 10.0 Å². The lowest BCUT2D eigenvalue weighted by molar-refractivity contribution is 0.0735. The van der Waals surface area contributed by atoms with Gasteiger partial charge in [-0.05, 0) is 60.9 Å². The lowest BCUT2D eigenvalue weighted by Gasteiger charge is -2.27. The highest BCUT2D eigenvalue weighted by Gasteiger charge is 2.31. The van der Waals surface area contributed by atoms with E-state index in [1.165, 1.54) is 12.1 Å². The molecule has 0 spiro atoms. The molecule has 0 saturated carbocycles. The van der Waals surface area contributed by atoms with Crippen molar-refractivity contribution < 1.29 is 22.7 Å². The summed E-state index contributed by atoms with van der Waals surface area (Å²) in [6.07, 6.45) is 1.75. The zero-order valence-corrected chi connectivity index (χ0v) is 18.8. The van der Waals surface area contributed by atoms with Crippen molar-refractivity contribution in [2.75, 3.05) is 24.5 Å². The molecule has 3 aromatic carbocycles. The van der Waals surface area contributed by atoms with Crippen LogP contribution in [0.25, 0.3) is 0 Å². The fourth-order valence-electron chi connectivity index (χ4n) is 4.32. The number of rotatable bonds is 5. The van der Waals surface area contributed by atoms with Gasteiger partial charge in [-0.3, -0.25) is 9.52 Å². The molecule has 2 aliphatic rings. The molecule has 170 valence electrons. The third-order valence-corrected chi connectivity index (χ3v) is 7.28. The van der Waals surface area contributed by atoms with Gasteiger partial charge < -0.3 is 14.4 Å². The Balaban J connectivity index is 1.37. The summed E-state index contributed by atoms with van der Waals surface area (Å²) in [5, 5.41) is 0. The fourth-order valence-corrected chi connectivity index (χ4v) is 5.39. The van der Waals surface area contributed by atoms with Crippen molar-refractivity contribution in [1.29, 1.82) is 0 Å². The fraction of sp³-hybridized carbons (Fsp3) is 0.240. The van der Waals surface area contributed by atoms with E-state index >= 15 is 0 Å². The summed E-state index contributed by atoms with van der Waals surface area (Å²) in [7, 11) is -3.74. The molecule has 1 saturated heterocycles. The van der Waals surface area contributed by atoms with Gasteiger partial charge in [0, 0.05) is 17.8 Å². The summed E-state index contributed by atoms with van der Waals surface area (Å²) in [4.78, 5) is 15.4. The zero-order chi connectivity index (χ0) is 22.8. The van der Waals surface area contributed by atoms with Gasteiger partial charge in [-0.2, -0.15) is 0 Å². The highest BCUT2D eigenvalue weighted by atomic mass is 32.2. The van der Waals surface area contributed by atoms with Crippen LogP contribution in [0.1, 0.15) is 34.8 Å². The molecule has 7 nitrogen and oxygen atoms in total. The second kappa shape index (κ2) is 8.78. The third-order valence-electron chi connectivity index (χ3n) is 5.88. The van der Waals surface area contributed by atoms with Gasteiger partial charge in [0.05, 0.1) is 10.9 Å². The van der Waals surface area contributed by atoms with Crippen LogP contribution in [0.3, 0.4) is 0 Å². The Morgan fingerprint density at radius 3 is 2.52 bits per heavy atom.